The van der Waals surface area contributed by atoms with Crippen molar-refractivity contribution >= 4 is 45.8 Å². The number of likely N-dealkylation sites (N-methyl/N-ethyl adjacent to an activating group) is 1. The molecule has 0 bridgehead atoms. The summed E-state index contributed by atoms with van der Waals surface area (Å²) in [6.45, 7) is 5.62. The van der Waals surface area contributed by atoms with Gasteiger partial charge in [-0.2, -0.15) is 0 Å². The number of allylic oxidation sites excluding steroid dienone is 4. The lowest BCUT2D eigenvalue weighted by Gasteiger charge is -2.31. The van der Waals surface area contributed by atoms with Crippen molar-refractivity contribution in [2.45, 2.75) is 50.0 Å². The zero-order chi connectivity index (χ0) is 25.0. The fourth-order valence-corrected chi connectivity index (χ4v) is 5.53. The third kappa shape index (κ3) is 10.0. The molecule has 0 aliphatic carbocycles. The highest BCUT2D eigenvalue weighted by Gasteiger charge is 2.21. The average Bonchev–Trinajstić information content (AvgIpc) is 3.19. The SMILES string of the molecule is CC/C=C\C=C(\Cl)CCc1sc(NC2CCN(Sc3ccc(OCCN(C)C)nc3)CC2)nc1N. The Morgan fingerprint density at radius 3 is 2.86 bits per heavy atom. The molecule has 10 heteroatoms. The fourth-order valence-electron chi connectivity index (χ4n) is 3.48. The zero-order valence-electron chi connectivity index (χ0n) is 20.9. The van der Waals surface area contributed by atoms with E-state index in [2.05, 4.69) is 43.6 Å². The molecule has 3 rings (SSSR count). The van der Waals surface area contributed by atoms with Crippen molar-refractivity contribution in [2.75, 3.05) is 51.4 Å². The number of nitrogen functional groups attached to an aromatic ring is 1. The van der Waals surface area contributed by atoms with Gasteiger partial charge in [0.2, 0.25) is 5.88 Å². The van der Waals surface area contributed by atoms with Crippen LogP contribution in [0.25, 0.3) is 0 Å². The Balaban J connectivity index is 1.40. The molecular weight excluding hydrogens is 500 g/mol. The fraction of sp³-hybridized carbons (Fsp3) is 0.520. The molecule has 0 saturated carbocycles. The first-order valence-electron chi connectivity index (χ1n) is 12.1. The number of anilines is 2. The molecule has 1 saturated heterocycles. The Morgan fingerprint density at radius 1 is 1.37 bits per heavy atom. The Bertz CT molecular complexity index is 955. The van der Waals surface area contributed by atoms with Gasteiger partial charge in [-0.3, -0.25) is 0 Å². The van der Waals surface area contributed by atoms with Crippen molar-refractivity contribution in [3.63, 3.8) is 0 Å². The summed E-state index contributed by atoms with van der Waals surface area (Å²) in [5, 5.41) is 5.33. The van der Waals surface area contributed by atoms with Gasteiger partial charge in [-0.25, -0.2) is 14.3 Å². The highest BCUT2D eigenvalue weighted by molar-refractivity contribution is 7.97. The first kappa shape index (κ1) is 27.8. The summed E-state index contributed by atoms with van der Waals surface area (Å²) >= 11 is 9.71. The first-order valence-corrected chi connectivity index (χ1v) is 14.1. The maximum Gasteiger partial charge on any atom is 0.213 e. The zero-order valence-corrected chi connectivity index (χ0v) is 23.3. The molecule has 0 aromatic carbocycles. The van der Waals surface area contributed by atoms with Gasteiger partial charge in [0.05, 0.1) is 4.88 Å². The summed E-state index contributed by atoms with van der Waals surface area (Å²) < 4.78 is 8.07. The molecule has 3 heterocycles. The van der Waals surface area contributed by atoms with E-state index in [1.165, 1.54) is 0 Å². The number of nitrogens with two attached hydrogens (primary N) is 1. The Kier molecular flexibility index (Phi) is 11.7. The van der Waals surface area contributed by atoms with Crippen molar-refractivity contribution in [3.8, 4) is 5.88 Å². The van der Waals surface area contributed by atoms with Gasteiger partial charge >= 0.3 is 0 Å². The Hall–Kier alpha value is -1.78. The van der Waals surface area contributed by atoms with Crippen LogP contribution in [-0.4, -0.2) is 65.6 Å². The van der Waals surface area contributed by atoms with E-state index in [0.717, 1.165) is 71.7 Å². The van der Waals surface area contributed by atoms with Crippen LogP contribution in [0.4, 0.5) is 10.9 Å². The number of piperidine rings is 1. The summed E-state index contributed by atoms with van der Waals surface area (Å²) in [5.74, 6) is 1.29. The third-order valence-corrected chi connectivity index (χ3v) is 7.93. The van der Waals surface area contributed by atoms with Crippen molar-refractivity contribution in [1.82, 2.24) is 19.2 Å². The van der Waals surface area contributed by atoms with E-state index in [0.29, 0.717) is 24.3 Å². The van der Waals surface area contributed by atoms with Crippen LogP contribution in [0.1, 0.15) is 37.5 Å². The number of pyridine rings is 1. The molecule has 2 aromatic rings. The van der Waals surface area contributed by atoms with Gasteiger partial charge in [-0.05, 0) is 70.3 Å². The van der Waals surface area contributed by atoms with E-state index in [9.17, 15) is 0 Å². The molecule has 1 fully saturated rings. The summed E-state index contributed by atoms with van der Waals surface area (Å²) in [6.07, 6.45) is 12.6. The normalized spacial score (nSPS) is 15.9. The molecule has 1 aliphatic heterocycles. The minimum Gasteiger partial charge on any atom is -0.476 e. The predicted octanol–water partition coefficient (Wildman–Crippen LogP) is 5.67. The summed E-state index contributed by atoms with van der Waals surface area (Å²) in [7, 11) is 4.06. The van der Waals surface area contributed by atoms with Gasteiger partial charge in [-0.15, -0.1) is 0 Å². The summed E-state index contributed by atoms with van der Waals surface area (Å²) in [6, 6.07) is 4.43. The van der Waals surface area contributed by atoms with Crippen LogP contribution < -0.4 is 15.8 Å². The molecule has 0 atom stereocenters. The average molecular weight is 537 g/mol. The molecule has 35 heavy (non-hydrogen) atoms. The van der Waals surface area contributed by atoms with Gasteiger partial charge in [0.25, 0.3) is 0 Å². The van der Waals surface area contributed by atoms with Crippen LogP contribution in [0.5, 0.6) is 5.88 Å². The molecule has 0 radical (unpaired) electrons. The second kappa shape index (κ2) is 14.7. The maximum atomic E-state index is 6.31. The van der Waals surface area contributed by atoms with E-state index >= 15 is 0 Å². The van der Waals surface area contributed by atoms with E-state index in [-0.39, 0.29) is 0 Å². The van der Waals surface area contributed by atoms with Crippen LogP contribution in [0.3, 0.4) is 0 Å². The minimum atomic E-state index is 0.401. The molecule has 0 unspecified atom stereocenters. The van der Waals surface area contributed by atoms with Gasteiger partial charge in [0.1, 0.15) is 12.4 Å². The molecule has 7 nitrogen and oxygen atoms in total. The van der Waals surface area contributed by atoms with Crippen LogP contribution >= 0.6 is 34.9 Å². The highest BCUT2D eigenvalue weighted by Crippen LogP contribution is 2.31. The molecule has 3 N–H and O–H groups in total. The number of ether oxygens (including phenoxy) is 1. The molecule has 192 valence electrons. The second-order valence-electron chi connectivity index (χ2n) is 8.70. The van der Waals surface area contributed by atoms with Crippen molar-refractivity contribution in [1.29, 1.82) is 0 Å². The lowest BCUT2D eigenvalue weighted by Crippen LogP contribution is -2.35. The van der Waals surface area contributed by atoms with E-state index in [1.54, 1.807) is 23.3 Å². The van der Waals surface area contributed by atoms with Crippen molar-refractivity contribution < 1.29 is 4.74 Å². The number of nitrogens with one attached hydrogen (secondary N) is 1. The number of aryl methyl sites for hydroxylation is 1. The minimum absolute atomic E-state index is 0.401. The second-order valence-corrected chi connectivity index (χ2v) is 11.4. The van der Waals surface area contributed by atoms with Crippen LogP contribution in [0, 0.1) is 0 Å². The topological polar surface area (TPSA) is 79.5 Å². The van der Waals surface area contributed by atoms with E-state index in [4.69, 9.17) is 22.1 Å². The number of rotatable bonds is 13. The van der Waals surface area contributed by atoms with Crippen molar-refractivity contribution in [3.05, 3.63) is 46.5 Å². The number of hydrogen-bond donors (Lipinski definition) is 2. The molecule has 1 aliphatic rings. The van der Waals surface area contributed by atoms with Crippen LogP contribution in [-0.2, 0) is 6.42 Å². The Morgan fingerprint density at radius 2 is 2.17 bits per heavy atom. The third-order valence-electron chi connectivity index (χ3n) is 5.48. The van der Waals surface area contributed by atoms with Gasteiger partial charge in [0.15, 0.2) is 5.13 Å². The quantitative estimate of drug-likeness (QED) is 0.250. The summed E-state index contributed by atoms with van der Waals surface area (Å²) in [5.41, 5.74) is 6.17. The maximum absolute atomic E-state index is 6.31. The first-order chi connectivity index (χ1) is 16.9. The molecule has 0 amide bonds. The van der Waals surface area contributed by atoms with Crippen molar-refractivity contribution in [2.24, 2.45) is 0 Å². The van der Waals surface area contributed by atoms with E-state index in [1.807, 2.05) is 38.5 Å². The predicted molar refractivity (Wildman–Crippen MR) is 151 cm³/mol. The van der Waals surface area contributed by atoms with Gasteiger partial charge in [0, 0.05) is 47.9 Å². The largest absolute Gasteiger partial charge is 0.476 e. The van der Waals surface area contributed by atoms with Crippen LogP contribution in [0.2, 0.25) is 0 Å². The standard InChI is InChI=1S/C25H37ClN6OS2/c1-4-5-6-7-19(26)8-10-22-24(27)30-25(34-22)29-20-12-14-32(15-13-20)35-21-9-11-23(28-18-21)33-17-16-31(2)3/h5-7,9,11,18,20H,4,8,10,12-17,27H2,1-3H3,(H,29,30)/b6-5-,19-7+. The van der Waals surface area contributed by atoms with Crippen LogP contribution in [0.15, 0.2) is 46.5 Å². The number of nitrogens with zero attached hydrogens (tertiary/aromatic N) is 4. The number of thiazole rings is 1. The summed E-state index contributed by atoms with van der Waals surface area (Å²) in [4.78, 5) is 13.3. The number of aromatic nitrogens is 2. The van der Waals surface area contributed by atoms with E-state index < -0.39 is 0 Å². The smallest absolute Gasteiger partial charge is 0.213 e. The monoisotopic (exact) mass is 536 g/mol. The molecule has 0 spiro atoms. The number of hydrogen-bond acceptors (Lipinski definition) is 9. The highest BCUT2D eigenvalue weighted by atomic mass is 35.5. The molecule has 2 aromatic heterocycles. The lowest BCUT2D eigenvalue weighted by atomic mass is 10.1. The van der Waals surface area contributed by atoms with Gasteiger partial charge in [-0.1, -0.05) is 42.0 Å². The lowest BCUT2D eigenvalue weighted by molar-refractivity contribution is 0.253. The van der Waals surface area contributed by atoms with Gasteiger partial charge < -0.3 is 20.7 Å². The Labute approximate surface area is 222 Å². The number of halogens is 1. The molecular formula is C25H37ClN6OS2.